The van der Waals surface area contributed by atoms with E-state index in [1.807, 2.05) is 27.7 Å². The normalized spacial score (nSPS) is 11.9. The molecule has 0 bridgehead atoms. The van der Waals surface area contributed by atoms with Crippen LogP contribution in [-0.2, 0) is 28.6 Å². The zero-order valence-corrected chi connectivity index (χ0v) is 15.5. The topological polar surface area (TPSA) is 78.9 Å². The highest BCUT2D eigenvalue weighted by molar-refractivity contribution is 5.71. The average Bonchev–Trinajstić information content (AvgIpc) is 2.52. The van der Waals surface area contributed by atoms with Gasteiger partial charge in [-0.05, 0) is 18.8 Å². The second kappa shape index (κ2) is 13.8. The summed E-state index contributed by atoms with van der Waals surface area (Å²) in [5.41, 5.74) is 0. The summed E-state index contributed by atoms with van der Waals surface area (Å²) in [5, 5.41) is 0. The molecule has 0 amide bonds. The van der Waals surface area contributed by atoms with Gasteiger partial charge in [-0.2, -0.15) is 0 Å². The van der Waals surface area contributed by atoms with Crippen molar-refractivity contribution in [3.05, 3.63) is 0 Å². The molecule has 6 heteroatoms. The molecule has 0 aliphatic heterocycles. The summed E-state index contributed by atoms with van der Waals surface area (Å²) >= 11 is 0. The van der Waals surface area contributed by atoms with Crippen molar-refractivity contribution in [2.24, 2.45) is 5.92 Å². The highest BCUT2D eigenvalue weighted by Gasteiger charge is 2.19. The van der Waals surface area contributed by atoms with Gasteiger partial charge in [0.15, 0.2) is 6.10 Å². The van der Waals surface area contributed by atoms with E-state index in [4.69, 9.17) is 14.2 Å². The van der Waals surface area contributed by atoms with Gasteiger partial charge in [0.25, 0.3) is 0 Å². The third-order valence-electron chi connectivity index (χ3n) is 3.20. The smallest absolute Gasteiger partial charge is 0.306 e. The highest BCUT2D eigenvalue weighted by atomic mass is 16.6. The lowest BCUT2D eigenvalue weighted by molar-refractivity contribution is -0.167. The van der Waals surface area contributed by atoms with E-state index in [2.05, 4.69) is 0 Å². The molecule has 0 N–H and O–H groups in total. The van der Waals surface area contributed by atoms with Crippen LogP contribution in [0.25, 0.3) is 0 Å². The largest absolute Gasteiger partial charge is 0.462 e. The summed E-state index contributed by atoms with van der Waals surface area (Å²) in [5.74, 6) is -0.863. The first-order valence-electron chi connectivity index (χ1n) is 8.89. The first-order chi connectivity index (χ1) is 11.4. The van der Waals surface area contributed by atoms with Crippen molar-refractivity contribution < 1.29 is 28.6 Å². The molecule has 0 rings (SSSR count). The van der Waals surface area contributed by atoms with Crippen molar-refractivity contribution in [2.75, 3.05) is 13.2 Å². The molecule has 0 aromatic heterocycles. The Hall–Kier alpha value is -1.59. The molecule has 0 aromatic carbocycles. The number of rotatable bonds is 13. The minimum absolute atomic E-state index is 0.0879. The molecule has 0 saturated heterocycles. The summed E-state index contributed by atoms with van der Waals surface area (Å²) < 4.78 is 15.5. The Kier molecular flexibility index (Phi) is 12.9. The van der Waals surface area contributed by atoms with Crippen LogP contribution < -0.4 is 0 Å². The van der Waals surface area contributed by atoms with E-state index < -0.39 is 6.10 Å². The van der Waals surface area contributed by atoms with Gasteiger partial charge in [-0.3, -0.25) is 14.4 Å². The molecule has 140 valence electrons. The van der Waals surface area contributed by atoms with E-state index in [0.29, 0.717) is 19.3 Å². The predicted octanol–water partition coefficient (Wildman–Crippen LogP) is 3.41. The molecule has 0 spiro atoms. The van der Waals surface area contributed by atoms with Crippen LogP contribution in [-0.4, -0.2) is 37.2 Å². The maximum atomic E-state index is 11.7. The standard InChI is InChI=1S/C18H32O6/c1-5-7-9-16(19)22-12-15(24-17(20)10-8-6-2)13-23-18(21)11-14(3)4/h14-15H,5-13H2,1-4H3. The maximum absolute atomic E-state index is 11.7. The zero-order valence-electron chi connectivity index (χ0n) is 15.5. The number of hydrogen-bond donors (Lipinski definition) is 0. The number of unbranched alkanes of at least 4 members (excludes halogenated alkanes) is 2. The van der Waals surface area contributed by atoms with Crippen LogP contribution in [0.15, 0.2) is 0 Å². The van der Waals surface area contributed by atoms with Crippen LogP contribution in [0.3, 0.4) is 0 Å². The fourth-order valence-electron chi connectivity index (χ4n) is 1.84. The predicted molar refractivity (Wildman–Crippen MR) is 90.3 cm³/mol. The van der Waals surface area contributed by atoms with E-state index in [1.54, 1.807) is 0 Å². The fourth-order valence-corrected chi connectivity index (χ4v) is 1.84. The van der Waals surface area contributed by atoms with Gasteiger partial charge in [-0.1, -0.05) is 40.5 Å². The first kappa shape index (κ1) is 22.4. The summed E-state index contributed by atoms with van der Waals surface area (Å²) in [6, 6.07) is 0. The number of esters is 3. The number of ether oxygens (including phenoxy) is 3. The molecular weight excluding hydrogens is 312 g/mol. The third-order valence-corrected chi connectivity index (χ3v) is 3.20. The average molecular weight is 344 g/mol. The van der Waals surface area contributed by atoms with Crippen molar-refractivity contribution in [1.29, 1.82) is 0 Å². The van der Waals surface area contributed by atoms with Gasteiger partial charge in [0.1, 0.15) is 13.2 Å². The van der Waals surface area contributed by atoms with Crippen molar-refractivity contribution in [3.63, 3.8) is 0 Å². The molecule has 1 atom stereocenters. The van der Waals surface area contributed by atoms with Gasteiger partial charge >= 0.3 is 17.9 Å². The van der Waals surface area contributed by atoms with Crippen molar-refractivity contribution in [1.82, 2.24) is 0 Å². The fraction of sp³-hybridized carbons (Fsp3) is 0.833. The maximum Gasteiger partial charge on any atom is 0.306 e. The Balaban J connectivity index is 4.39. The molecule has 0 fully saturated rings. The van der Waals surface area contributed by atoms with Gasteiger partial charge in [0, 0.05) is 19.3 Å². The minimum Gasteiger partial charge on any atom is -0.462 e. The zero-order chi connectivity index (χ0) is 18.4. The quantitative estimate of drug-likeness (QED) is 0.376. The highest BCUT2D eigenvalue weighted by Crippen LogP contribution is 2.06. The van der Waals surface area contributed by atoms with Crippen LogP contribution in [0.4, 0.5) is 0 Å². The number of hydrogen-bond acceptors (Lipinski definition) is 6. The van der Waals surface area contributed by atoms with Gasteiger partial charge in [-0.15, -0.1) is 0 Å². The SMILES string of the molecule is CCCCC(=O)OCC(COC(=O)CC(C)C)OC(=O)CCCC. The Bertz CT molecular complexity index is 378. The summed E-state index contributed by atoms with van der Waals surface area (Å²) in [6.07, 6.45) is 3.45. The molecular formula is C18H32O6. The van der Waals surface area contributed by atoms with E-state index in [9.17, 15) is 14.4 Å². The van der Waals surface area contributed by atoms with Crippen LogP contribution in [0.5, 0.6) is 0 Å². The summed E-state index contributed by atoms with van der Waals surface area (Å²) in [6.45, 7) is 7.62. The molecule has 0 aromatic rings. The Morgan fingerprint density at radius 1 is 0.792 bits per heavy atom. The lowest BCUT2D eigenvalue weighted by Gasteiger charge is -2.18. The van der Waals surface area contributed by atoms with Crippen LogP contribution in [0.1, 0.15) is 72.6 Å². The second-order valence-corrected chi connectivity index (χ2v) is 6.28. The van der Waals surface area contributed by atoms with Gasteiger partial charge in [0.05, 0.1) is 0 Å². The Morgan fingerprint density at radius 2 is 1.29 bits per heavy atom. The third kappa shape index (κ3) is 12.9. The van der Waals surface area contributed by atoms with Crippen molar-refractivity contribution in [3.8, 4) is 0 Å². The van der Waals surface area contributed by atoms with Crippen LogP contribution in [0, 0.1) is 5.92 Å². The van der Waals surface area contributed by atoms with Gasteiger partial charge in [0.2, 0.25) is 0 Å². The van der Waals surface area contributed by atoms with E-state index in [-0.39, 0.29) is 37.0 Å². The molecule has 0 aliphatic rings. The van der Waals surface area contributed by atoms with Gasteiger partial charge in [-0.25, -0.2) is 0 Å². The van der Waals surface area contributed by atoms with E-state index >= 15 is 0 Å². The Labute approximate surface area is 145 Å². The summed E-state index contributed by atoms with van der Waals surface area (Å²) in [7, 11) is 0. The number of carbonyl (C=O) groups is 3. The molecule has 0 saturated carbocycles. The monoisotopic (exact) mass is 344 g/mol. The molecule has 0 radical (unpaired) electrons. The lowest BCUT2D eigenvalue weighted by Crippen LogP contribution is -2.31. The van der Waals surface area contributed by atoms with E-state index in [0.717, 1.165) is 25.7 Å². The first-order valence-corrected chi connectivity index (χ1v) is 8.89. The van der Waals surface area contributed by atoms with Crippen LogP contribution >= 0.6 is 0 Å². The van der Waals surface area contributed by atoms with Crippen molar-refractivity contribution >= 4 is 17.9 Å². The van der Waals surface area contributed by atoms with Gasteiger partial charge < -0.3 is 14.2 Å². The Morgan fingerprint density at radius 3 is 1.79 bits per heavy atom. The minimum atomic E-state index is -0.754. The van der Waals surface area contributed by atoms with E-state index in [1.165, 1.54) is 0 Å². The molecule has 6 nitrogen and oxygen atoms in total. The molecule has 1 unspecified atom stereocenters. The second-order valence-electron chi connectivity index (χ2n) is 6.28. The molecule has 0 heterocycles. The molecule has 0 aliphatic carbocycles. The van der Waals surface area contributed by atoms with Crippen LogP contribution in [0.2, 0.25) is 0 Å². The molecule has 24 heavy (non-hydrogen) atoms. The lowest BCUT2D eigenvalue weighted by atomic mass is 10.1. The number of carbonyl (C=O) groups excluding carboxylic acids is 3. The van der Waals surface area contributed by atoms with Crippen molar-refractivity contribution in [2.45, 2.75) is 78.7 Å². The summed E-state index contributed by atoms with van der Waals surface area (Å²) in [4.78, 5) is 35.0.